The van der Waals surface area contributed by atoms with Gasteiger partial charge in [0.2, 0.25) is 0 Å². The quantitative estimate of drug-likeness (QED) is 0.865. The Morgan fingerprint density at radius 1 is 1.09 bits per heavy atom. The van der Waals surface area contributed by atoms with Gasteiger partial charge in [-0.15, -0.1) is 0 Å². The number of piperidine rings is 1. The van der Waals surface area contributed by atoms with E-state index in [4.69, 9.17) is 4.74 Å². The molecule has 2 aliphatic heterocycles. The topological polar surface area (TPSA) is 47.6 Å². The fourth-order valence-electron chi connectivity index (χ4n) is 3.05. The molecule has 0 saturated carbocycles. The monoisotopic (exact) mass is 319 g/mol. The lowest BCUT2D eigenvalue weighted by atomic mass is 10.0. The van der Waals surface area contributed by atoms with E-state index in [0.717, 1.165) is 5.75 Å². The van der Waals surface area contributed by atoms with Gasteiger partial charge in [0.25, 0.3) is 6.47 Å². The highest BCUT2D eigenvalue weighted by Gasteiger charge is 2.34. The molecule has 1 unspecified atom stereocenters. The van der Waals surface area contributed by atoms with Gasteiger partial charge in [0.1, 0.15) is 17.5 Å². The molecule has 1 N–H and O–H groups in total. The molecule has 128 valence electrons. The summed E-state index contributed by atoms with van der Waals surface area (Å²) in [7, 11) is 0. The van der Waals surface area contributed by atoms with Crippen LogP contribution in [0.5, 0.6) is 5.75 Å². The van der Waals surface area contributed by atoms with Crippen LogP contribution in [0, 0.1) is 6.92 Å². The van der Waals surface area contributed by atoms with Crippen LogP contribution in [0.1, 0.15) is 52.0 Å². The van der Waals surface area contributed by atoms with E-state index in [0.29, 0.717) is 24.7 Å². The van der Waals surface area contributed by atoms with Gasteiger partial charge in [0.15, 0.2) is 0 Å². The fraction of sp³-hybridized carbons (Fsp3) is 0.632. The first-order chi connectivity index (χ1) is 10.9. The molecule has 1 aromatic rings. The third-order valence-corrected chi connectivity index (χ3v) is 4.16. The smallest absolute Gasteiger partial charge is 0.293 e. The Bertz CT molecular complexity index is 480. The molecule has 2 bridgehead atoms. The molecule has 4 nitrogen and oxygen atoms in total. The van der Waals surface area contributed by atoms with Gasteiger partial charge in [0, 0.05) is 12.1 Å². The Morgan fingerprint density at radius 2 is 1.65 bits per heavy atom. The molecule has 3 atom stereocenters. The van der Waals surface area contributed by atoms with Crippen molar-refractivity contribution >= 4 is 6.47 Å². The van der Waals surface area contributed by atoms with Crippen LogP contribution in [-0.2, 0) is 9.53 Å². The van der Waals surface area contributed by atoms with Crippen molar-refractivity contribution in [3.63, 3.8) is 0 Å². The van der Waals surface area contributed by atoms with Crippen molar-refractivity contribution in [3.05, 3.63) is 29.8 Å². The van der Waals surface area contributed by atoms with Gasteiger partial charge in [0.05, 0.1) is 0 Å². The molecule has 0 aliphatic carbocycles. The highest BCUT2D eigenvalue weighted by molar-refractivity contribution is 5.37. The number of benzene rings is 1. The number of fused-ring (bicyclic) bond motifs is 2. The second kappa shape index (κ2) is 7.82. The lowest BCUT2D eigenvalue weighted by Crippen LogP contribution is -2.42. The van der Waals surface area contributed by atoms with Crippen LogP contribution in [0.2, 0.25) is 0 Å². The normalized spacial score (nSPS) is 26.0. The summed E-state index contributed by atoms with van der Waals surface area (Å²) in [6.07, 6.45) is 5.42. The Hall–Kier alpha value is -1.55. The van der Waals surface area contributed by atoms with E-state index < -0.39 is 0 Å². The zero-order valence-corrected chi connectivity index (χ0v) is 14.7. The van der Waals surface area contributed by atoms with Crippen molar-refractivity contribution in [2.75, 3.05) is 0 Å². The van der Waals surface area contributed by atoms with Gasteiger partial charge < -0.3 is 14.8 Å². The number of rotatable bonds is 3. The maximum Gasteiger partial charge on any atom is 0.293 e. The predicted molar refractivity (Wildman–Crippen MR) is 91.7 cm³/mol. The first kappa shape index (κ1) is 17.8. The standard InChI is InChI=1S/C14H19NO.C5H10O2/c1-10-2-6-13(7-3-10)16-14-8-11-4-5-12(9-14)15-11;1-5(2,3)7-4-6/h2-3,6-7,11-12,14-15H,4-5,8-9H2,1H3;4H,1-3H3/t11-,12+,14?;. The fourth-order valence-corrected chi connectivity index (χ4v) is 3.05. The van der Waals surface area contributed by atoms with E-state index in [1.165, 1.54) is 31.2 Å². The summed E-state index contributed by atoms with van der Waals surface area (Å²) in [6, 6.07) is 9.80. The number of hydrogen-bond acceptors (Lipinski definition) is 4. The Morgan fingerprint density at radius 3 is 2.09 bits per heavy atom. The van der Waals surface area contributed by atoms with Crippen molar-refractivity contribution in [3.8, 4) is 5.75 Å². The summed E-state index contributed by atoms with van der Waals surface area (Å²) in [6.45, 7) is 8.03. The molecule has 1 aromatic carbocycles. The van der Waals surface area contributed by atoms with Gasteiger partial charge >= 0.3 is 0 Å². The second-order valence-corrected chi connectivity index (χ2v) is 7.49. The van der Waals surface area contributed by atoms with Crippen LogP contribution in [0.25, 0.3) is 0 Å². The van der Waals surface area contributed by atoms with E-state index in [1.54, 1.807) is 0 Å². The van der Waals surface area contributed by atoms with Gasteiger partial charge in [-0.05, 0) is 65.5 Å². The molecule has 4 heteroatoms. The lowest BCUT2D eigenvalue weighted by molar-refractivity contribution is -0.138. The molecule has 3 rings (SSSR count). The van der Waals surface area contributed by atoms with Crippen LogP contribution >= 0.6 is 0 Å². The third-order valence-electron chi connectivity index (χ3n) is 4.16. The first-order valence-electron chi connectivity index (χ1n) is 8.46. The van der Waals surface area contributed by atoms with E-state index in [2.05, 4.69) is 41.2 Å². The Labute approximate surface area is 139 Å². The Kier molecular flexibility index (Phi) is 6.05. The van der Waals surface area contributed by atoms with Gasteiger partial charge in [-0.1, -0.05) is 17.7 Å². The zero-order chi connectivity index (χ0) is 16.9. The van der Waals surface area contributed by atoms with E-state index in [9.17, 15) is 4.79 Å². The van der Waals surface area contributed by atoms with Crippen LogP contribution < -0.4 is 10.1 Å². The van der Waals surface area contributed by atoms with E-state index in [1.807, 2.05) is 20.8 Å². The molecular formula is C19H29NO3. The lowest BCUT2D eigenvalue weighted by Gasteiger charge is -2.29. The molecule has 2 fully saturated rings. The summed E-state index contributed by atoms with van der Waals surface area (Å²) in [5.74, 6) is 1.02. The second-order valence-electron chi connectivity index (χ2n) is 7.49. The third kappa shape index (κ3) is 6.22. The summed E-state index contributed by atoms with van der Waals surface area (Å²) in [4.78, 5) is 9.60. The molecule has 2 aliphatic rings. The van der Waals surface area contributed by atoms with Crippen LogP contribution in [0.15, 0.2) is 24.3 Å². The molecule has 2 saturated heterocycles. The number of carbonyl (C=O) groups excluding carboxylic acids is 1. The minimum absolute atomic E-state index is 0.318. The highest BCUT2D eigenvalue weighted by atomic mass is 16.5. The van der Waals surface area contributed by atoms with Crippen molar-refractivity contribution in [2.45, 2.75) is 77.2 Å². The molecule has 23 heavy (non-hydrogen) atoms. The maximum atomic E-state index is 9.60. The average Bonchev–Trinajstić information content (AvgIpc) is 2.80. The molecule has 0 amide bonds. The molecule has 0 aromatic heterocycles. The number of carbonyl (C=O) groups is 1. The van der Waals surface area contributed by atoms with Crippen molar-refractivity contribution in [1.82, 2.24) is 5.32 Å². The van der Waals surface area contributed by atoms with Crippen molar-refractivity contribution < 1.29 is 14.3 Å². The average molecular weight is 319 g/mol. The Balaban J connectivity index is 0.000000236. The van der Waals surface area contributed by atoms with E-state index in [-0.39, 0.29) is 5.60 Å². The van der Waals surface area contributed by atoms with E-state index >= 15 is 0 Å². The summed E-state index contributed by atoms with van der Waals surface area (Å²) >= 11 is 0. The summed E-state index contributed by atoms with van der Waals surface area (Å²) < 4.78 is 10.6. The van der Waals surface area contributed by atoms with Crippen LogP contribution in [0.3, 0.4) is 0 Å². The number of nitrogens with one attached hydrogen (secondary N) is 1. The first-order valence-corrected chi connectivity index (χ1v) is 8.46. The number of aryl methyl sites for hydroxylation is 1. The summed E-state index contributed by atoms with van der Waals surface area (Å²) in [5, 5.41) is 3.64. The SMILES string of the molecule is CC(C)(C)OC=O.Cc1ccc(OC2C[C@H]3CC[C@@H](C2)N3)cc1. The minimum atomic E-state index is -0.318. The molecule has 0 spiro atoms. The largest absolute Gasteiger partial charge is 0.490 e. The van der Waals surface area contributed by atoms with Crippen molar-refractivity contribution in [2.24, 2.45) is 0 Å². The van der Waals surface area contributed by atoms with Gasteiger partial charge in [-0.2, -0.15) is 0 Å². The number of hydrogen-bond donors (Lipinski definition) is 1. The van der Waals surface area contributed by atoms with Crippen molar-refractivity contribution in [1.29, 1.82) is 0 Å². The maximum absolute atomic E-state index is 9.60. The predicted octanol–water partition coefficient (Wildman–Crippen LogP) is 3.61. The van der Waals surface area contributed by atoms with Gasteiger partial charge in [-0.25, -0.2) is 0 Å². The van der Waals surface area contributed by atoms with Gasteiger partial charge in [-0.3, -0.25) is 4.79 Å². The summed E-state index contributed by atoms with van der Waals surface area (Å²) in [5.41, 5.74) is 0.972. The molecule has 2 heterocycles. The molecular weight excluding hydrogens is 290 g/mol. The molecule has 0 radical (unpaired) electrons. The number of ether oxygens (including phenoxy) is 2. The van der Waals surface area contributed by atoms with Crippen LogP contribution in [0.4, 0.5) is 0 Å². The minimum Gasteiger partial charge on any atom is -0.490 e. The highest BCUT2D eigenvalue weighted by Crippen LogP contribution is 2.29. The van der Waals surface area contributed by atoms with Crippen LogP contribution in [-0.4, -0.2) is 30.3 Å². The zero-order valence-electron chi connectivity index (χ0n) is 14.7.